The number of imide groups is 1. The van der Waals surface area contributed by atoms with Crippen molar-refractivity contribution in [1.29, 1.82) is 0 Å². The van der Waals surface area contributed by atoms with Crippen LogP contribution >= 0.6 is 11.8 Å². The predicted octanol–water partition coefficient (Wildman–Crippen LogP) is -0.0875. The summed E-state index contributed by atoms with van der Waals surface area (Å²) in [6.07, 6.45) is 0. The van der Waals surface area contributed by atoms with Crippen molar-refractivity contribution in [3.63, 3.8) is 0 Å². The molecule has 0 aromatic heterocycles. The Morgan fingerprint density at radius 2 is 2.14 bits per heavy atom. The Bertz CT molecular complexity index is 199. The van der Waals surface area contributed by atoms with Crippen LogP contribution in [0.3, 0.4) is 0 Å². The van der Waals surface area contributed by atoms with Crippen LogP contribution in [0.1, 0.15) is 13.8 Å². The summed E-state index contributed by atoms with van der Waals surface area (Å²) in [6, 6.07) is -0.447. The number of thioether (sulfide) groups is 1. The van der Waals surface area contributed by atoms with Gasteiger partial charge in [-0.05, 0) is 13.8 Å². The van der Waals surface area contributed by atoms with Gasteiger partial charge >= 0.3 is 6.03 Å². The molecule has 0 aromatic rings. The van der Waals surface area contributed by atoms with E-state index in [2.05, 4.69) is 10.6 Å². The molecule has 0 aliphatic rings. The third-order valence-electron chi connectivity index (χ3n) is 1.43. The second-order valence-electron chi connectivity index (χ2n) is 2.65. The topological polar surface area (TPSA) is 84.2 Å². The summed E-state index contributed by atoms with van der Waals surface area (Å²) in [5.74, 6) is 0.429. The summed E-state index contributed by atoms with van der Waals surface area (Å²) in [7, 11) is 0. The van der Waals surface area contributed by atoms with Crippen LogP contribution in [0.15, 0.2) is 0 Å². The molecule has 0 rings (SSSR count). The van der Waals surface area contributed by atoms with E-state index in [0.717, 1.165) is 0 Å². The summed E-state index contributed by atoms with van der Waals surface area (Å²) in [5, 5.41) is 4.47. The summed E-state index contributed by atoms with van der Waals surface area (Å²) in [4.78, 5) is 22.3. The number of nitrogens with one attached hydrogen (secondary N) is 2. The van der Waals surface area contributed by atoms with Gasteiger partial charge in [-0.1, -0.05) is 0 Å². The number of hydrogen-bond donors (Lipinski definition) is 3. The molecule has 82 valence electrons. The average Bonchev–Trinajstić information content (AvgIpc) is 2.14. The molecule has 3 amide bonds. The molecule has 0 aromatic carbocycles. The fourth-order valence-electron chi connectivity index (χ4n) is 0.739. The van der Waals surface area contributed by atoms with Gasteiger partial charge in [0, 0.05) is 18.8 Å². The first-order valence-corrected chi connectivity index (χ1v) is 5.57. The second kappa shape index (κ2) is 7.64. The maximum atomic E-state index is 11.3. The molecule has 0 fully saturated rings. The molecule has 1 unspecified atom stereocenters. The molecule has 0 saturated carbocycles. The fourth-order valence-corrected chi connectivity index (χ4v) is 1.44. The molecule has 0 bridgehead atoms. The lowest BCUT2D eigenvalue weighted by molar-refractivity contribution is -0.119. The molecular weight excluding hydrogens is 202 g/mol. The smallest absolute Gasteiger partial charge is 0.321 e. The molecule has 0 saturated heterocycles. The molecule has 14 heavy (non-hydrogen) atoms. The lowest BCUT2D eigenvalue weighted by Gasteiger charge is -2.10. The lowest BCUT2D eigenvalue weighted by atomic mass is 10.4. The molecule has 0 heterocycles. The molecule has 1 atom stereocenters. The Kier molecular flexibility index (Phi) is 7.23. The van der Waals surface area contributed by atoms with Gasteiger partial charge in [-0.3, -0.25) is 10.1 Å². The Labute approximate surface area is 88.2 Å². The number of carbonyl (C=O) groups is 2. The lowest BCUT2D eigenvalue weighted by Crippen LogP contribution is -2.42. The zero-order valence-corrected chi connectivity index (χ0v) is 9.32. The van der Waals surface area contributed by atoms with Crippen LogP contribution in [-0.4, -0.2) is 36.0 Å². The van der Waals surface area contributed by atoms with Crippen molar-refractivity contribution in [3.05, 3.63) is 0 Å². The first-order chi connectivity index (χ1) is 6.61. The quantitative estimate of drug-likeness (QED) is 0.603. The highest BCUT2D eigenvalue weighted by atomic mass is 32.2. The van der Waals surface area contributed by atoms with Gasteiger partial charge in [0.25, 0.3) is 0 Å². The highest BCUT2D eigenvalue weighted by Crippen LogP contribution is 2.08. The molecule has 5 nitrogen and oxygen atoms in total. The first kappa shape index (κ1) is 13.2. The van der Waals surface area contributed by atoms with Crippen molar-refractivity contribution in [3.8, 4) is 0 Å². The Morgan fingerprint density at radius 1 is 1.50 bits per heavy atom. The van der Waals surface area contributed by atoms with Crippen molar-refractivity contribution < 1.29 is 9.59 Å². The average molecular weight is 219 g/mol. The van der Waals surface area contributed by atoms with Crippen LogP contribution in [0.4, 0.5) is 4.79 Å². The van der Waals surface area contributed by atoms with Gasteiger partial charge in [0.05, 0.1) is 5.25 Å². The van der Waals surface area contributed by atoms with E-state index in [4.69, 9.17) is 5.73 Å². The molecule has 0 radical (unpaired) electrons. The third-order valence-corrected chi connectivity index (χ3v) is 2.61. The van der Waals surface area contributed by atoms with Crippen molar-refractivity contribution >= 4 is 23.7 Å². The first-order valence-electron chi connectivity index (χ1n) is 4.52. The van der Waals surface area contributed by atoms with Crippen LogP contribution in [-0.2, 0) is 4.79 Å². The largest absolute Gasteiger partial charge is 0.338 e. The van der Waals surface area contributed by atoms with E-state index >= 15 is 0 Å². The minimum Gasteiger partial charge on any atom is -0.338 e. The fraction of sp³-hybridized carbons (Fsp3) is 0.750. The number of amides is 3. The number of urea groups is 1. The Hall–Kier alpha value is -0.750. The molecule has 0 spiro atoms. The highest BCUT2D eigenvalue weighted by Gasteiger charge is 2.14. The van der Waals surface area contributed by atoms with Crippen LogP contribution in [0.2, 0.25) is 0 Å². The molecular formula is C8H17N3O2S. The zero-order valence-electron chi connectivity index (χ0n) is 8.50. The second-order valence-corrected chi connectivity index (χ2v) is 4.10. The van der Waals surface area contributed by atoms with Gasteiger partial charge in [-0.2, -0.15) is 0 Å². The summed E-state index contributed by atoms with van der Waals surface area (Å²) in [5.41, 5.74) is 5.29. The maximum absolute atomic E-state index is 11.3. The highest BCUT2D eigenvalue weighted by molar-refractivity contribution is 8.00. The van der Waals surface area contributed by atoms with E-state index in [9.17, 15) is 9.59 Å². The van der Waals surface area contributed by atoms with Gasteiger partial charge in [0.2, 0.25) is 5.91 Å². The van der Waals surface area contributed by atoms with Crippen molar-refractivity contribution in [1.82, 2.24) is 10.6 Å². The molecule has 0 aliphatic heterocycles. The summed E-state index contributed by atoms with van der Waals surface area (Å²) < 4.78 is 0. The zero-order chi connectivity index (χ0) is 11.0. The maximum Gasteiger partial charge on any atom is 0.321 e. The van der Waals surface area contributed by atoms with Crippen LogP contribution in [0.5, 0.6) is 0 Å². The molecule has 4 N–H and O–H groups in total. The molecule has 6 heteroatoms. The standard InChI is InChI=1S/C8H17N3O2S/c1-3-10-8(13)11-7(12)6(2)14-5-4-9/h6H,3-5,9H2,1-2H3,(H2,10,11,12,13). The van der Waals surface area contributed by atoms with E-state index in [1.807, 2.05) is 0 Å². The van der Waals surface area contributed by atoms with Gasteiger partial charge < -0.3 is 11.1 Å². The SMILES string of the molecule is CCNC(=O)NC(=O)C(C)SCCN. The summed E-state index contributed by atoms with van der Waals surface area (Å²) >= 11 is 1.43. The van der Waals surface area contributed by atoms with E-state index in [-0.39, 0.29) is 11.2 Å². The van der Waals surface area contributed by atoms with Crippen molar-refractivity contribution in [2.24, 2.45) is 5.73 Å². The van der Waals surface area contributed by atoms with Crippen molar-refractivity contribution in [2.75, 3.05) is 18.8 Å². The van der Waals surface area contributed by atoms with Crippen molar-refractivity contribution in [2.45, 2.75) is 19.1 Å². The van der Waals surface area contributed by atoms with Crippen LogP contribution in [0, 0.1) is 0 Å². The summed E-state index contributed by atoms with van der Waals surface area (Å²) in [6.45, 7) is 4.57. The van der Waals surface area contributed by atoms with Crippen LogP contribution < -0.4 is 16.4 Å². The number of rotatable bonds is 5. The normalized spacial score (nSPS) is 11.9. The Balaban J connectivity index is 3.76. The van der Waals surface area contributed by atoms with Gasteiger partial charge in [-0.15, -0.1) is 11.8 Å². The van der Waals surface area contributed by atoms with Gasteiger partial charge in [0.1, 0.15) is 0 Å². The monoisotopic (exact) mass is 219 g/mol. The van der Waals surface area contributed by atoms with Gasteiger partial charge in [0.15, 0.2) is 0 Å². The van der Waals surface area contributed by atoms with E-state index in [1.165, 1.54) is 11.8 Å². The minimum atomic E-state index is -0.447. The molecule has 0 aliphatic carbocycles. The Morgan fingerprint density at radius 3 is 2.64 bits per heavy atom. The number of carbonyl (C=O) groups excluding carboxylic acids is 2. The third kappa shape index (κ3) is 5.82. The van der Waals surface area contributed by atoms with E-state index in [1.54, 1.807) is 13.8 Å². The number of hydrogen-bond acceptors (Lipinski definition) is 4. The minimum absolute atomic E-state index is 0.249. The van der Waals surface area contributed by atoms with E-state index in [0.29, 0.717) is 18.8 Å². The van der Waals surface area contributed by atoms with Crippen LogP contribution in [0.25, 0.3) is 0 Å². The van der Waals surface area contributed by atoms with E-state index < -0.39 is 6.03 Å². The van der Waals surface area contributed by atoms with Gasteiger partial charge in [-0.25, -0.2) is 4.79 Å². The number of nitrogens with two attached hydrogens (primary N) is 1. The predicted molar refractivity (Wildman–Crippen MR) is 58.2 cm³/mol.